The maximum absolute atomic E-state index is 13.1. The van der Waals surface area contributed by atoms with Crippen LogP contribution in [0.2, 0.25) is 0 Å². The normalized spacial score (nSPS) is 12.7. The van der Waals surface area contributed by atoms with Crippen molar-refractivity contribution < 1.29 is 4.39 Å². The fourth-order valence-electron chi connectivity index (χ4n) is 1.60. The lowest BCUT2D eigenvalue weighted by molar-refractivity contribution is 0.565. The van der Waals surface area contributed by atoms with Crippen molar-refractivity contribution in [3.8, 4) is 0 Å². The first-order valence-electron chi connectivity index (χ1n) is 5.65. The minimum absolute atomic E-state index is 0.166. The highest BCUT2D eigenvalue weighted by Crippen LogP contribution is 2.21. The van der Waals surface area contributed by atoms with E-state index >= 15 is 0 Å². The summed E-state index contributed by atoms with van der Waals surface area (Å²) in [5.41, 5.74) is 1.95. The molecule has 0 amide bonds. The molecule has 0 aliphatic heterocycles. The lowest BCUT2D eigenvalue weighted by Gasteiger charge is -2.12. The number of hydrogen-bond donors (Lipinski definition) is 1. The van der Waals surface area contributed by atoms with E-state index in [0.717, 1.165) is 20.7 Å². The molecule has 0 spiro atoms. The summed E-state index contributed by atoms with van der Waals surface area (Å²) < 4.78 is 14.1. The predicted molar refractivity (Wildman–Crippen MR) is 76.2 cm³/mol. The second kappa shape index (κ2) is 5.91. The van der Waals surface area contributed by atoms with Crippen molar-refractivity contribution in [2.75, 3.05) is 0 Å². The van der Waals surface area contributed by atoms with Gasteiger partial charge in [0, 0.05) is 22.1 Å². The van der Waals surface area contributed by atoms with Crippen LogP contribution < -0.4 is 5.32 Å². The maximum atomic E-state index is 13.1. The van der Waals surface area contributed by atoms with E-state index in [9.17, 15) is 4.39 Å². The molecule has 18 heavy (non-hydrogen) atoms. The van der Waals surface area contributed by atoms with Crippen molar-refractivity contribution in [2.45, 2.75) is 26.4 Å². The number of halogens is 2. The molecule has 0 aliphatic rings. The molecular formula is C13H14BrFN2S. The minimum Gasteiger partial charge on any atom is -0.304 e. The van der Waals surface area contributed by atoms with Gasteiger partial charge in [-0.15, -0.1) is 11.3 Å². The number of aromatic nitrogens is 1. The van der Waals surface area contributed by atoms with Crippen molar-refractivity contribution in [3.63, 3.8) is 0 Å². The highest BCUT2D eigenvalue weighted by atomic mass is 79.9. The molecule has 0 radical (unpaired) electrons. The smallest absolute Gasteiger partial charge is 0.123 e. The van der Waals surface area contributed by atoms with Gasteiger partial charge in [0.05, 0.1) is 6.04 Å². The van der Waals surface area contributed by atoms with E-state index in [0.29, 0.717) is 6.54 Å². The molecule has 0 aliphatic carbocycles. The number of thiazole rings is 1. The van der Waals surface area contributed by atoms with Gasteiger partial charge in [-0.05, 0) is 37.6 Å². The summed E-state index contributed by atoms with van der Waals surface area (Å²) in [5.74, 6) is -0.215. The Bertz CT molecular complexity index is 542. The topological polar surface area (TPSA) is 24.9 Å². The van der Waals surface area contributed by atoms with Crippen LogP contribution in [0.25, 0.3) is 0 Å². The van der Waals surface area contributed by atoms with E-state index in [-0.39, 0.29) is 11.9 Å². The van der Waals surface area contributed by atoms with E-state index in [2.05, 4.69) is 33.2 Å². The Morgan fingerprint density at radius 2 is 2.28 bits per heavy atom. The van der Waals surface area contributed by atoms with Gasteiger partial charge in [0.2, 0.25) is 0 Å². The molecule has 1 atom stereocenters. The summed E-state index contributed by atoms with van der Waals surface area (Å²) in [7, 11) is 0. The van der Waals surface area contributed by atoms with E-state index in [1.54, 1.807) is 17.4 Å². The second-order valence-electron chi connectivity index (χ2n) is 4.17. The summed E-state index contributed by atoms with van der Waals surface area (Å²) in [4.78, 5) is 4.43. The molecule has 1 aromatic heterocycles. The maximum Gasteiger partial charge on any atom is 0.123 e. The van der Waals surface area contributed by atoms with Gasteiger partial charge in [0.25, 0.3) is 0 Å². The molecule has 1 heterocycles. The predicted octanol–water partition coefficient (Wildman–Crippen LogP) is 4.20. The van der Waals surface area contributed by atoms with E-state index in [1.165, 1.54) is 12.1 Å². The summed E-state index contributed by atoms with van der Waals surface area (Å²) in [5, 5.41) is 6.44. The van der Waals surface area contributed by atoms with E-state index in [1.807, 2.05) is 12.3 Å². The summed E-state index contributed by atoms with van der Waals surface area (Å²) in [6, 6.07) is 4.88. The Morgan fingerprint density at radius 1 is 1.50 bits per heavy atom. The Labute approximate surface area is 118 Å². The molecule has 1 aromatic carbocycles. The monoisotopic (exact) mass is 328 g/mol. The highest BCUT2D eigenvalue weighted by Gasteiger charge is 2.10. The summed E-state index contributed by atoms with van der Waals surface area (Å²) in [6.07, 6.45) is 0. The molecule has 0 saturated carbocycles. The van der Waals surface area contributed by atoms with Gasteiger partial charge in [-0.2, -0.15) is 0 Å². The Morgan fingerprint density at radius 3 is 2.94 bits per heavy atom. The molecule has 5 heteroatoms. The van der Waals surface area contributed by atoms with Gasteiger partial charge in [0.15, 0.2) is 0 Å². The van der Waals surface area contributed by atoms with Gasteiger partial charge < -0.3 is 5.32 Å². The highest BCUT2D eigenvalue weighted by molar-refractivity contribution is 9.10. The van der Waals surface area contributed by atoms with E-state index in [4.69, 9.17) is 0 Å². The SMILES string of the molecule is Cc1csc(C(C)NCc2cc(F)ccc2Br)n1. The molecule has 0 fully saturated rings. The number of nitrogens with one attached hydrogen (secondary N) is 1. The lowest BCUT2D eigenvalue weighted by atomic mass is 10.2. The van der Waals surface area contributed by atoms with Crippen LogP contribution >= 0.6 is 27.3 Å². The van der Waals surface area contributed by atoms with Gasteiger partial charge in [-0.1, -0.05) is 15.9 Å². The molecular weight excluding hydrogens is 315 g/mol. The summed E-state index contributed by atoms with van der Waals surface area (Å²) in [6.45, 7) is 4.65. The first-order chi connectivity index (χ1) is 8.56. The third-order valence-electron chi connectivity index (χ3n) is 2.61. The van der Waals surface area contributed by atoms with Crippen molar-refractivity contribution in [3.05, 3.63) is 50.1 Å². The average Bonchev–Trinajstić information content (AvgIpc) is 2.77. The molecule has 2 rings (SSSR count). The average molecular weight is 329 g/mol. The van der Waals surface area contributed by atoms with Crippen molar-refractivity contribution in [1.82, 2.24) is 10.3 Å². The Balaban J connectivity index is 2.01. The van der Waals surface area contributed by atoms with Crippen LogP contribution in [0, 0.1) is 12.7 Å². The molecule has 2 nitrogen and oxygen atoms in total. The van der Waals surface area contributed by atoms with Crippen molar-refractivity contribution >= 4 is 27.3 Å². The first kappa shape index (κ1) is 13.6. The van der Waals surface area contributed by atoms with Gasteiger partial charge >= 0.3 is 0 Å². The van der Waals surface area contributed by atoms with Crippen LogP contribution in [0.15, 0.2) is 28.1 Å². The van der Waals surface area contributed by atoms with Crippen molar-refractivity contribution in [2.24, 2.45) is 0 Å². The van der Waals surface area contributed by atoms with Crippen LogP contribution in [0.4, 0.5) is 4.39 Å². The van der Waals surface area contributed by atoms with Crippen LogP contribution in [-0.2, 0) is 6.54 Å². The second-order valence-corrected chi connectivity index (χ2v) is 5.91. The first-order valence-corrected chi connectivity index (χ1v) is 7.33. The number of hydrogen-bond acceptors (Lipinski definition) is 3. The zero-order valence-electron chi connectivity index (χ0n) is 10.2. The molecule has 0 bridgehead atoms. The number of benzene rings is 1. The van der Waals surface area contributed by atoms with Gasteiger partial charge in [0.1, 0.15) is 10.8 Å². The number of rotatable bonds is 4. The molecule has 2 aromatic rings. The van der Waals surface area contributed by atoms with Gasteiger partial charge in [-0.25, -0.2) is 9.37 Å². The quantitative estimate of drug-likeness (QED) is 0.909. The molecule has 1 N–H and O–H groups in total. The van der Waals surface area contributed by atoms with Crippen molar-refractivity contribution in [1.29, 1.82) is 0 Å². The third-order valence-corrected chi connectivity index (χ3v) is 4.53. The molecule has 96 valence electrons. The zero-order valence-corrected chi connectivity index (χ0v) is 12.6. The lowest BCUT2D eigenvalue weighted by Crippen LogP contribution is -2.18. The Hall–Kier alpha value is -0.780. The third kappa shape index (κ3) is 3.37. The zero-order chi connectivity index (χ0) is 13.1. The molecule has 0 saturated heterocycles. The number of nitrogens with zero attached hydrogens (tertiary/aromatic N) is 1. The fourth-order valence-corrected chi connectivity index (χ4v) is 2.82. The molecule has 1 unspecified atom stereocenters. The standard InChI is InChI=1S/C13H14BrFN2S/c1-8-7-18-13(17-8)9(2)16-6-10-5-11(15)3-4-12(10)14/h3-5,7,9,16H,6H2,1-2H3. The van der Waals surface area contributed by atoms with Crippen LogP contribution in [-0.4, -0.2) is 4.98 Å². The van der Waals surface area contributed by atoms with Crippen LogP contribution in [0.1, 0.15) is 29.2 Å². The minimum atomic E-state index is -0.215. The van der Waals surface area contributed by atoms with E-state index < -0.39 is 0 Å². The van der Waals surface area contributed by atoms with Gasteiger partial charge in [-0.3, -0.25) is 0 Å². The Kier molecular flexibility index (Phi) is 4.48. The fraction of sp³-hybridized carbons (Fsp3) is 0.308. The van der Waals surface area contributed by atoms with Crippen LogP contribution in [0.5, 0.6) is 0 Å². The van der Waals surface area contributed by atoms with Crippen LogP contribution in [0.3, 0.4) is 0 Å². The number of aryl methyl sites for hydroxylation is 1. The summed E-state index contributed by atoms with van der Waals surface area (Å²) >= 11 is 5.06. The largest absolute Gasteiger partial charge is 0.304 e.